The highest BCUT2D eigenvalue weighted by Crippen LogP contribution is 2.54. The first-order chi connectivity index (χ1) is 12.1. The van der Waals surface area contributed by atoms with Gasteiger partial charge in [-0.05, 0) is 54.0 Å². The molecule has 0 heterocycles. The van der Waals surface area contributed by atoms with Crippen molar-refractivity contribution < 1.29 is 14.7 Å². The van der Waals surface area contributed by atoms with Crippen LogP contribution in [0.5, 0.6) is 0 Å². The second kappa shape index (κ2) is 6.36. The van der Waals surface area contributed by atoms with Crippen molar-refractivity contribution in [2.24, 2.45) is 5.92 Å². The summed E-state index contributed by atoms with van der Waals surface area (Å²) in [6, 6.07) is 15.6. The summed E-state index contributed by atoms with van der Waals surface area (Å²) in [6.07, 6.45) is 3.33. The maximum absolute atomic E-state index is 12.3. The molecule has 0 radical (unpaired) electrons. The normalized spacial score (nSPS) is 23.3. The minimum Gasteiger partial charge on any atom is -0.478 e. The molecule has 0 bridgehead atoms. The van der Waals surface area contributed by atoms with Crippen LogP contribution in [0.3, 0.4) is 0 Å². The van der Waals surface area contributed by atoms with Gasteiger partial charge in [-0.3, -0.25) is 4.79 Å². The molecule has 3 unspecified atom stereocenters. The highest BCUT2D eigenvalue weighted by atomic mass is 16.4. The predicted octanol–water partition coefficient (Wildman–Crippen LogP) is 3.16. The lowest BCUT2D eigenvalue weighted by Gasteiger charge is -2.13. The van der Waals surface area contributed by atoms with E-state index in [2.05, 4.69) is 29.6 Å². The fraction of sp³-hybridized carbons (Fsp3) is 0.333. The maximum atomic E-state index is 12.3. The molecule has 3 atom stereocenters. The Morgan fingerprint density at radius 3 is 2.60 bits per heavy atom. The van der Waals surface area contributed by atoms with Gasteiger partial charge >= 0.3 is 5.97 Å². The first-order valence-corrected chi connectivity index (χ1v) is 8.83. The van der Waals surface area contributed by atoms with Gasteiger partial charge in [0.25, 0.3) is 0 Å². The van der Waals surface area contributed by atoms with Crippen molar-refractivity contribution in [2.45, 2.75) is 37.6 Å². The number of nitrogens with one attached hydrogen (secondary N) is 1. The Morgan fingerprint density at radius 2 is 1.84 bits per heavy atom. The number of carboxylic acid groups (broad SMARTS) is 1. The zero-order valence-corrected chi connectivity index (χ0v) is 13.9. The lowest BCUT2D eigenvalue weighted by molar-refractivity contribution is -0.121. The molecule has 2 N–H and O–H groups in total. The van der Waals surface area contributed by atoms with Crippen LogP contribution in [0.4, 0.5) is 0 Å². The smallest absolute Gasteiger partial charge is 0.335 e. The summed E-state index contributed by atoms with van der Waals surface area (Å²) in [7, 11) is 0. The molecule has 1 fully saturated rings. The fourth-order valence-corrected chi connectivity index (χ4v) is 4.09. The van der Waals surface area contributed by atoms with Crippen LogP contribution in [-0.4, -0.2) is 23.0 Å². The van der Waals surface area contributed by atoms with Crippen molar-refractivity contribution in [1.82, 2.24) is 5.32 Å². The third-order valence-corrected chi connectivity index (χ3v) is 5.50. The first kappa shape index (κ1) is 15.9. The average molecular weight is 335 g/mol. The van der Waals surface area contributed by atoms with Crippen molar-refractivity contribution in [2.75, 3.05) is 0 Å². The molecule has 0 spiro atoms. The summed E-state index contributed by atoms with van der Waals surface area (Å²) < 4.78 is 0. The van der Waals surface area contributed by atoms with Crippen molar-refractivity contribution in [3.05, 3.63) is 70.8 Å². The van der Waals surface area contributed by atoms with Crippen molar-refractivity contribution >= 4 is 11.9 Å². The Morgan fingerprint density at radius 1 is 1.08 bits per heavy atom. The number of fused-ring (bicyclic) bond motifs is 3. The summed E-state index contributed by atoms with van der Waals surface area (Å²) >= 11 is 0. The third-order valence-electron chi connectivity index (χ3n) is 5.50. The molecule has 128 valence electrons. The van der Waals surface area contributed by atoms with E-state index in [0.717, 1.165) is 18.4 Å². The van der Waals surface area contributed by atoms with E-state index in [1.54, 1.807) is 24.3 Å². The van der Waals surface area contributed by atoms with Gasteiger partial charge in [0, 0.05) is 18.4 Å². The van der Waals surface area contributed by atoms with Gasteiger partial charge in [-0.1, -0.05) is 36.4 Å². The van der Waals surface area contributed by atoms with E-state index in [0.29, 0.717) is 24.7 Å². The topological polar surface area (TPSA) is 66.4 Å². The van der Waals surface area contributed by atoms with E-state index in [1.807, 2.05) is 0 Å². The number of carbonyl (C=O) groups excluding carboxylic acids is 1. The molecule has 4 heteroatoms. The maximum Gasteiger partial charge on any atom is 0.335 e. The Labute approximate surface area is 146 Å². The Bertz CT molecular complexity index is 812. The van der Waals surface area contributed by atoms with Gasteiger partial charge in [0.15, 0.2) is 0 Å². The van der Waals surface area contributed by atoms with Crippen molar-refractivity contribution in [3.63, 3.8) is 0 Å². The summed E-state index contributed by atoms with van der Waals surface area (Å²) in [4.78, 5) is 23.1. The van der Waals surface area contributed by atoms with Gasteiger partial charge in [0.1, 0.15) is 0 Å². The number of rotatable bonds is 5. The van der Waals surface area contributed by atoms with Gasteiger partial charge in [-0.2, -0.15) is 0 Å². The van der Waals surface area contributed by atoms with Crippen LogP contribution in [-0.2, 0) is 17.6 Å². The molecule has 0 aromatic heterocycles. The molecule has 1 saturated carbocycles. The molecule has 4 nitrogen and oxygen atoms in total. The van der Waals surface area contributed by atoms with Crippen molar-refractivity contribution in [3.8, 4) is 0 Å². The van der Waals surface area contributed by atoms with Crippen LogP contribution < -0.4 is 5.32 Å². The van der Waals surface area contributed by atoms with Crippen LogP contribution in [0.25, 0.3) is 0 Å². The number of carboxylic acids is 1. The molecule has 2 aliphatic carbocycles. The van der Waals surface area contributed by atoms with E-state index < -0.39 is 5.97 Å². The summed E-state index contributed by atoms with van der Waals surface area (Å²) in [6.45, 7) is 0. The Hall–Kier alpha value is -2.62. The number of amides is 1. The summed E-state index contributed by atoms with van der Waals surface area (Å²) in [5.41, 5.74) is 4.10. The quantitative estimate of drug-likeness (QED) is 0.882. The molecule has 2 aromatic carbocycles. The third kappa shape index (κ3) is 3.16. The minimum absolute atomic E-state index is 0.0826. The molecule has 1 amide bonds. The molecular formula is C21H21NO3. The van der Waals surface area contributed by atoms with E-state index in [9.17, 15) is 9.59 Å². The molecular weight excluding hydrogens is 314 g/mol. The minimum atomic E-state index is -0.930. The SMILES string of the molecule is O=C(CCc1ccc(C(=O)O)cc1)NC1C2CCc3ccccc3C21. The number of hydrogen-bond acceptors (Lipinski definition) is 2. The van der Waals surface area contributed by atoms with Crippen LogP contribution in [0.1, 0.15) is 45.8 Å². The highest BCUT2D eigenvalue weighted by molar-refractivity contribution is 5.87. The van der Waals surface area contributed by atoms with Crippen LogP contribution >= 0.6 is 0 Å². The van der Waals surface area contributed by atoms with Crippen LogP contribution in [0.15, 0.2) is 48.5 Å². The zero-order chi connectivity index (χ0) is 17.4. The second-order valence-corrected chi connectivity index (χ2v) is 7.02. The van der Waals surface area contributed by atoms with Crippen LogP contribution in [0.2, 0.25) is 0 Å². The molecule has 4 rings (SSSR count). The number of hydrogen-bond donors (Lipinski definition) is 2. The first-order valence-electron chi connectivity index (χ1n) is 8.83. The number of aryl methyl sites for hydroxylation is 2. The monoisotopic (exact) mass is 335 g/mol. The van der Waals surface area contributed by atoms with Gasteiger partial charge in [-0.15, -0.1) is 0 Å². The molecule has 0 aliphatic heterocycles. The largest absolute Gasteiger partial charge is 0.478 e. The van der Waals surface area contributed by atoms with Gasteiger partial charge in [0.05, 0.1) is 5.56 Å². The number of carbonyl (C=O) groups is 2. The zero-order valence-electron chi connectivity index (χ0n) is 13.9. The summed E-state index contributed by atoms with van der Waals surface area (Å²) in [5, 5.41) is 12.1. The van der Waals surface area contributed by atoms with E-state index >= 15 is 0 Å². The van der Waals surface area contributed by atoms with Gasteiger partial charge in [0.2, 0.25) is 5.91 Å². The highest BCUT2D eigenvalue weighted by Gasteiger charge is 2.53. The Balaban J connectivity index is 1.31. The van der Waals surface area contributed by atoms with Gasteiger partial charge in [-0.25, -0.2) is 4.79 Å². The average Bonchev–Trinajstić information content (AvgIpc) is 3.33. The summed E-state index contributed by atoms with van der Waals surface area (Å²) in [5.74, 6) is 0.234. The number of aromatic carboxylic acids is 1. The van der Waals surface area contributed by atoms with E-state index in [4.69, 9.17) is 5.11 Å². The Kier molecular flexibility index (Phi) is 4.04. The molecule has 2 aliphatic rings. The number of benzene rings is 2. The standard InChI is InChI=1S/C21H21NO3/c23-18(12-7-13-5-8-15(9-6-13)21(24)25)22-20-17-11-10-14-3-1-2-4-16(14)19(17)20/h1-6,8-9,17,19-20H,7,10-12H2,(H,22,23)(H,24,25). The fourth-order valence-electron chi connectivity index (χ4n) is 4.09. The lowest BCUT2D eigenvalue weighted by Crippen LogP contribution is -2.27. The van der Waals surface area contributed by atoms with E-state index in [1.165, 1.54) is 11.1 Å². The molecule has 25 heavy (non-hydrogen) atoms. The second-order valence-electron chi connectivity index (χ2n) is 7.02. The lowest BCUT2D eigenvalue weighted by atomic mass is 9.92. The van der Waals surface area contributed by atoms with Crippen molar-refractivity contribution in [1.29, 1.82) is 0 Å². The predicted molar refractivity (Wildman–Crippen MR) is 94.6 cm³/mol. The van der Waals surface area contributed by atoms with Crippen LogP contribution in [0, 0.1) is 5.92 Å². The molecule has 0 saturated heterocycles. The van der Waals surface area contributed by atoms with E-state index in [-0.39, 0.29) is 17.5 Å². The molecule has 2 aromatic rings. The van der Waals surface area contributed by atoms with Gasteiger partial charge < -0.3 is 10.4 Å².